The van der Waals surface area contributed by atoms with Crippen molar-refractivity contribution < 1.29 is 19.1 Å². The number of anilines is 1. The van der Waals surface area contributed by atoms with E-state index in [1.807, 2.05) is 6.92 Å². The fraction of sp³-hybridized carbons (Fsp3) is 0.500. The topological polar surface area (TPSA) is 67.9 Å². The molecule has 8 heteroatoms. The average Bonchev–Trinajstić information content (AvgIpc) is 3.04. The highest BCUT2D eigenvalue weighted by molar-refractivity contribution is 8.01. The third-order valence-electron chi connectivity index (χ3n) is 4.48. The monoisotopic (exact) mass is 370 g/mol. The number of nitrogens with one attached hydrogen (secondary N) is 1. The lowest BCUT2D eigenvalue weighted by Crippen LogP contribution is -2.48. The van der Waals surface area contributed by atoms with Crippen molar-refractivity contribution in [2.24, 2.45) is 0 Å². The summed E-state index contributed by atoms with van der Waals surface area (Å²) in [5, 5.41) is 3.21. The van der Waals surface area contributed by atoms with E-state index < -0.39 is 6.04 Å². The van der Waals surface area contributed by atoms with Gasteiger partial charge in [-0.15, -0.1) is 11.8 Å². The van der Waals surface area contributed by atoms with Gasteiger partial charge >= 0.3 is 0 Å². The molecule has 1 N–H and O–H groups in total. The van der Waals surface area contributed by atoms with E-state index in [9.17, 15) is 9.59 Å². The van der Waals surface area contributed by atoms with E-state index in [4.69, 9.17) is 21.1 Å². The molecule has 6 nitrogen and oxygen atoms in total. The number of methoxy groups -OCH3 is 2. The second-order valence-corrected chi connectivity index (χ2v) is 7.85. The van der Waals surface area contributed by atoms with E-state index in [-0.39, 0.29) is 16.7 Å². The molecular weight excluding hydrogens is 352 g/mol. The minimum Gasteiger partial charge on any atom is -0.495 e. The Balaban J connectivity index is 1.83. The number of nitrogens with zero attached hydrogens (tertiary/aromatic N) is 1. The van der Waals surface area contributed by atoms with E-state index in [0.29, 0.717) is 34.4 Å². The van der Waals surface area contributed by atoms with Crippen molar-refractivity contribution >= 4 is 40.9 Å². The molecule has 2 atom stereocenters. The Hall–Kier alpha value is -1.60. The molecule has 2 aliphatic rings. The summed E-state index contributed by atoms with van der Waals surface area (Å²) in [6, 6.07) is 2.72. The summed E-state index contributed by atoms with van der Waals surface area (Å²) in [4.78, 5) is 26.3. The number of rotatable bonds is 4. The van der Waals surface area contributed by atoms with Crippen molar-refractivity contribution in [3.63, 3.8) is 0 Å². The number of benzene rings is 1. The van der Waals surface area contributed by atoms with Crippen LogP contribution in [-0.2, 0) is 9.59 Å². The van der Waals surface area contributed by atoms with Gasteiger partial charge in [0.15, 0.2) is 0 Å². The van der Waals surface area contributed by atoms with Crippen molar-refractivity contribution in [3.05, 3.63) is 17.2 Å². The second-order valence-electron chi connectivity index (χ2n) is 5.94. The van der Waals surface area contributed by atoms with Crippen LogP contribution in [-0.4, -0.2) is 47.6 Å². The van der Waals surface area contributed by atoms with Crippen LogP contribution in [0.25, 0.3) is 0 Å². The van der Waals surface area contributed by atoms with Crippen LogP contribution in [0.5, 0.6) is 11.5 Å². The zero-order valence-electron chi connectivity index (χ0n) is 13.7. The molecule has 0 bridgehead atoms. The van der Waals surface area contributed by atoms with Crippen molar-refractivity contribution in [1.29, 1.82) is 0 Å². The van der Waals surface area contributed by atoms with Crippen LogP contribution in [0.1, 0.15) is 19.8 Å². The van der Waals surface area contributed by atoms with Gasteiger partial charge in [-0.2, -0.15) is 0 Å². The average molecular weight is 371 g/mol. The molecular formula is C16H19ClN2O4S. The van der Waals surface area contributed by atoms with Crippen LogP contribution in [0.3, 0.4) is 0 Å². The lowest BCUT2D eigenvalue weighted by atomic mass is 10.2. The minimum atomic E-state index is -0.486. The molecule has 0 saturated carbocycles. The van der Waals surface area contributed by atoms with Gasteiger partial charge in [0.1, 0.15) is 17.5 Å². The van der Waals surface area contributed by atoms with Crippen LogP contribution in [0, 0.1) is 0 Å². The molecule has 3 rings (SSSR count). The molecule has 0 aliphatic carbocycles. The molecule has 0 radical (unpaired) electrons. The van der Waals surface area contributed by atoms with E-state index in [1.54, 1.807) is 28.8 Å². The van der Waals surface area contributed by atoms with Crippen LogP contribution >= 0.6 is 23.4 Å². The maximum Gasteiger partial charge on any atom is 0.248 e. The fourth-order valence-corrected chi connectivity index (χ4v) is 4.86. The molecule has 2 aliphatic heterocycles. The lowest BCUT2D eigenvalue weighted by molar-refractivity contribution is -0.135. The second kappa shape index (κ2) is 6.37. The Morgan fingerprint density at radius 2 is 2.08 bits per heavy atom. The van der Waals surface area contributed by atoms with Gasteiger partial charge in [-0.3, -0.25) is 9.59 Å². The van der Waals surface area contributed by atoms with Crippen molar-refractivity contribution in [3.8, 4) is 11.5 Å². The molecule has 2 amide bonds. The first-order chi connectivity index (χ1) is 11.4. The molecule has 2 heterocycles. The number of ether oxygens (including phenoxy) is 2. The highest BCUT2D eigenvalue weighted by Crippen LogP contribution is 2.47. The highest BCUT2D eigenvalue weighted by atomic mass is 35.5. The van der Waals surface area contributed by atoms with Crippen LogP contribution in [0.4, 0.5) is 5.69 Å². The first-order valence-electron chi connectivity index (χ1n) is 7.58. The van der Waals surface area contributed by atoms with E-state index in [1.165, 1.54) is 14.2 Å². The number of fused-ring (bicyclic) bond motifs is 1. The molecule has 2 saturated heterocycles. The van der Waals surface area contributed by atoms with Gasteiger partial charge in [0.2, 0.25) is 11.8 Å². The summed E-state index contributed by atoms with van der Waals surface area (Å²) < 4.78 is 10.4. The Kier molecular flexibility index (Phi) is 4.57. The maximum absolute atomic E-state index is 12.7. The van der Waals surface area contributed by atoms with Crippen LogP contribution < -0.4 is 14.8 Å². The molecule has 0 aromatic heterocycles. The van der Waals surface area contributed by atoms with E-state index in [2.05, 4.69) is 5.32 Å². The summed E-state index contributed by atoms with van der Waals surface area (Å²) in [6.07, 6.45) is 1.27. The fourth-order valence-electron chi connectivity index (χ4n) is 3.19. The Morgan fingerprint density at radius 1 is 1.38 bits per heavy atom. The van der Waals surface area contributed by atoms with Crippen molar-refractivity contribution in [2.45, 2.75) is 30.7 Å². The SMILES string of the molecule is COc1cc(OC)c(NC(=O)[C@@H]2CS[C@@]3(C)CCC(=O)N23)cc1Cl. The largest absolute Gasteiger partial charge is 0.495 e. The third-order valence-corrected chi connectivity index (χ3v) is 6.28. The standard InChI is InChI=1S/C16H19ClN2O4S/c1-16-5-4-14(20)19(16)11(8-24-16)15(21)18-10-6-9(17)12(22-2)7-13(10)23-3/h6-7,11H,4-5,8H2,1-3H3,(H,18,21)/t11-,16-/m0/s1. The number of halogens is 1. The predicted molar refractivity (Wildman–Crippen MR) is 93.9 cm³/mol. The zero-order valence-corrected chi connectivity index (χ0v) is 15.3. The van der Waals surface area contributed by atoms with Crippen molar-refractivity contribution in [1.82, 2.24) is 4.90 Å². The van der Waals surface area contributed by atoms with Gasteiger partial charge < -0.3 is 19.7 Å². The molecule has 24 heavy (non-hydrogen) atoms. The number of hydrogen-bond donors (Lipinski definition) is 1. The van der Waals surface area contributed by atoms with Gasteiger partial charge in [-0.05, 0) is 19.4 Å². The van der Waals surface area contributed by atoms with E-state index >= 15 is 0 Å². The molecule has 2 fully saturated rings. The summed E-state index contributed by atoms with van der Waals surface area (Å²) in [5.74, 6) is 1.29. The van der Waals surface area contributed by atoms with E-state index in [0.717, 1.165) is 6.42 Å². The summed E-state index contributed by atoms with van der Waals surface area (Å²) in [5.41, 5.74) is 0.457. The highest BCUT2D eigenvalue weighted by Gasteiger charge is 2.52. The quantitative estimate of drug-likeness (QED) is 0.882. The number of hydrogen-bond acceptors (Lipinski definition) is 5. The number of amides is 2. The molecule has 130 valence electrons. The van der Waals surface area contributed by atoms with Crippen LogP contribution in [0.2, 0.25) is 5.02 Å². The molecule has 1 aromatic rings. The number of carbonyl (C=O) groups excluding carboxylic acids is 2. The van der Waals surface area contributed by atoms with Gasteiger partial charge in [0.05, 0.1) is 29.8 Å². The summed E-state index contributed by atoms with van der Waals surface area (Å²) in [7, 11) is 3.01. The molecule has 0 spiro atoms. The Bertz CT molecular complexity index is 699. The van der Waals surface area contributed by atoms with Gasteiger partial charge in [0, 0.05) is 18.2 Å². The first kappa shape index (κ1) is 17.2. The minimum absolute atomic E-state index is 0.0300. The maximum atomic E-state index is 12.7. The van der Waals surface area contributed by atoms with Gasteiger partial charge in [-0.1, -0.05) is 11.6 Å². The zero-order chi connectivity index (χ0) is 17.5. The van der Waals surface area contributed by atoms with Crippen LogP contribution in [0.15, 0.2) is 12.1 Å². The lowest BCUT2D eigenvalue weighted by Gasteiger charge is -2.30. The molecule has 0 unspecified atom stereocenters. The number of carbonyl (C=O) groups is 2. The summed E-state index contributed by atoms with van der Waals surface area (Å²) >= 11 is 7.79. The third kappa shape index (κ3) is 2.80. The smallest absolute Gasteiger partial charge is 0.248 e. The predicted octanol–water partition coefficient (Wildman–Crippen LogP) is 2.75. The normalized spacial score (nSPS) is 25.6. The number of thioether (sulfide) groups is 1. The Labute approximate surface area is 149 Å². The molecule has 1 aromatic carbocycles. The van der Waals surface area contributed by atoms with Crippen molar-refractivity contribution in [2.75, 3.05) is 25.3 Å². The first-order valence-corrected chi connectivity index (χ1v) is 8.94. The van der Waals surface area contributed by atoms with Gasteiger partial charge in [0.25, 0.3) is 0 Å². The summed E-state index contributed by atoms with van der Waals surface area (Å²) in [6.45, 7) is 2.01. The van der Waals surface area contributed by atoms with Gasteiger partial charge in [-0.25, -0.2) is 0 Å². The Morgan fingerprint density at radius 3 is 2.75 bits per heavy atom.